The van der Waals surface area contributed by atoms with E-state index < -0.39 is 0 Å². The third-order valence-corrected chi connectivity index (χ3v) is 2.05. The molecule has 72 valence electrons. The lowest BCUT2D eigenvalue weighted by Gasteiger charge is -2.02. The Morgan fingerprint density at radius 2 is 2.00 bits per heavy atom. The second-order valence-corrected chi connectivity index (χ2v) is 2.94. The molecule has 2 N–H and O–H groups in total. The van der Waals surface area contributed by atoms with Gasteiger partial charge in [0.25, 0.3) is 0 Å². The summed E-state index contributed by atoms with van der Waals surface area (Å²) in [6, 6.07) is 7.60. The minimum atomic E-state index is 0.554. The van der Waals surface area contributed by atoms with E-state index in [9.17, 15) is 0 Å². The molecule has 0 heterocycles. The van der Waals surface area contributed by atoms with Crippen LogP contribution in [0.15, 0.2) is 24.3 Å². The first-order valence-electron chi connectivity index (χ1n) is 4.12. The van der Waals surface area contributed by atoms with E-state index in [1.54, 1.807) is 0 Å². The summed E-state index contributed by atoms with van der Waals surface area (Å²) < 4.78 is 10.2. The molecule has 0 unspecified atom stereocenters. The van der Waals surface area contributed by atoms with Gasteiger partial charge in [-0.3, -0.25) is 4.18 Å². The predicted octanol–water partition coefficient (Wildman–Crippen LogP) is 2.12. The summed E-state index contributed by atoms with van der Waals surface area (Å²) in [5.74, 6) is 0.774. The second kappa shape index (κ2) is 5.85. The zero-order valence-electron chi connectivity index (χ0n) is 7.53. The Balaban J connectivity index is 2.40. The highest BCUT2D eigenvalue weighted by molar-refractivity contribution is 7.90. The molecule has 0 saturated carbocycles. The van der Waals surface area contributed by atoms with Gasteiger partial charge in [0.2, 0.25) is 12.3 Å². The van der Waals surface area contributed by atoms with E-state index in [-0.39, 0.29) is 0 Å². The Morgan fingerprint density at radius 1 is 1.31 bits per heavy atom. The summed E-state index contributed by atoms with van der Waals surface area (Å²) in [5, 5.41) is 0. The van der Waals surface area contributed by atoms with Crippen LogP contribution in [0.3, 0.4) is 0 Å². The SMILES string of the molecule is CCOSOc1ccc(CN)cc1. The highest BCUT2D eigenvalue weighted by Crippen LogP contribution is 2.17. The molecule has 0 saturated heterocycles. The van der Waals surface area contributed by atoms with Crippen LogP contribution in [0.25, 0.3) is 0 Å². The number of hydrogen-bond donors (Lipinski definition) is 1. The van der Waals surface area contributed by atoms with Crippen molar-refractivity contribution in [2.24, 2.45) is 5.73 Å². The van der Waals surface area contributed by atoms with E-state index in [0.717, 1.165) is 23.6 Å². The fraction of sp³-hybridized carbons (Fsp3) is 0.333. The molecular weight excluding hydrogens is 186 g/mol. The molecule has 0 amide bonds. The number of nitrogens with two attached hydrogens (primary N) is 1. The van der Waals surface area contributed by atoms with Crippen molar-refractivity contribution in [3.05, 3.63) is 29.8 Å². The van der Waals surface area contributed by atoms with Crippen molar-refractivity contribution in [2.45, 2.75) is 13.5 Å². The highest BCUT2D eigenvalue weighted by Gasteiger charge is 1.94. The van der Waals surface area contributed by atoms with Gasteiger partial charge in [0.1, 0.15) is 5.75 Å². The summed E-state index contributed by atoms with van der Waals surface area (Å²) in [7, 11) is 0. The Bertz CT molecular complexity index is 238. The van der Waals surface area contributed by atoms with Crippen LogP contribution in [0.4, 0.5) is 0 Å². The van der Waals surface area contributed by atoms with Gasteiger partial charge in [0.15, 0.2) is 0 Å². The van der Waals surface area contributed by atoms with Crippen LogP contribution in [-0.2, 0) is 10.7 Å². The van der Waals surface area contributed by atoms with Gasteiger partial charge in [-0.05, 0) is 24.6 Å². The predicted molar refractivity (Wildman–Crippen MR) is 54.2 cm³/mol. The fourth-order valence-electron chi connectivity index (χ4n) is 0.793. The third kappa shape index (κ3) is 3.67. The highest BCUT2D eigenvalue weighted by atomic mass is 32.2. The fourth-order valence-corrected chi connectivity index (χ4v) is 1.13. The van der Waals surface area contributed by atoms with Crippen molar-refractivity contribution >= 4 is 12.3 Å². The monoisotopic (exact) mass is 199 g/mol. The van der Waals surface area contributed by atoms with Crippen molar-refractivity contribution in [2.75, 3.05) is 6.61 Å². The maximum absolute atomic E-state index is 5.45. The summed E-state index contributed by atoms with van der Waals surface area (Å²) in [6.07, 6.45) is 0. The number of rotatable bonds is 5. The van der Waals surface area contributed by atoms with Gasteiger partial charge in [-0.15, -0.1) is 0 Å². The van der Waals surface area contributed by atoms with Crippen molar-refractivity contribution in [1.82, 2.24) is 0 Å². The molecule has 4 heteroatoms. The van der Waals surface area contributed by atoms with Gasteiger partial charge in [-0.25, -0.2) is 0 Å². The Kier molecular flexibility index (Phi) is 4.67. The lowest BCUT2D eigenvalue weighted by atomic mass is 10.2. The largest absolute Gasteiger partial charge is 0.400 e. The van der Waals surface area contributed by atoms with Gasteiger partial charge >= 0.3 is 0 Å². The van der Waals surface area contributed by atoms with Crippen LogP contribution in [0.2, 0.25) is 0 Å². The number of hydrogen-bond acceptors (Lipinski definition) is 4. The molecule has 0 radical (unpaired) electrons. The maximum atomic E-state index is 5.45. The van der Waals surface area contributed by atoms with Crippen molar-refractivity contribution < 1.29 is 8.37 Å². The molecule has 0 aromatic heterocycles. The van der Waals surface area contributed by atoms with Crippen molar-refractivity contribution in [1.29, 1.82) is 0 Å². The second-order valence-electron chi connectivity index (χ2n) is 2.41. The summed E-state index contributed by atoms with van der Waals surface area (Å²) in [5.41, 5.74) is 6.54. The Labute approximate surface area is 82.6 Å². The van der Waals surface area contributed by atoms with Crippen LogP contribution in [0.1, 0.15) is 12.5 Å². The first kappa shape index (κ1) is 10.4. The summed E-state index contributed by atoms with van der Waals surface area (Å²) in [4.78, 5) is 0. The zero-order valence-corrected chi connectivity index (χ0v) is 8.34. The van der Waals surface area contributed by atoms with Crippen LogP contribution in [0.5, 0.6) is 5.75 Å². The molecule has 0 aliphatic heterocycles. The molecule has 1 aromatic rings. The Hall–Kier alpha value is -0.710. The molecule has 0 spiro atoms. The van der Waals surface area contributed by atoms with Gasteiger partial charge in [0, 0.05) is 6.54 Å². The number of benzene rings is 1. The van der Waals surface area contributed by atoms with E-state index in [0.29, 0.717) is 13.2 Å². The van der Waals surface area contributed by atoms with E-state index >= 15 is 0 Å². The molecule has 3 nitrogen and oxygen atoms in total. The molecule has 1 aromatic carbocycles. The third-order valence-electron chi connectivity index (χ3n) is 1.46. The Morgan fingerprint density at radius 3 is 2.54 bits per heavy atom. The quantitative estimate of drug-likeness (QED) is 0.582. The molecule has 0 aliphatic rings. The molecule has 0 atom stereocenters. The normalized spacial score (nSPS) is 10.0. The topological polar surface area (TPSA) is 44.5 Å². The standard InChI is InChI=1S/C9H13NO2S/c1-2-11-13-12-9-5-3-8(7-10)4-6-9/h3-6H,2,7,10H2,1H3. The average molecular weight is 199 g/mol. The minimum Gasteiger partial charge on any atom is -0.400 e. The van der Waals surface area contributed by atoms with E-state index in [4.69, 9.17) is 14.1 Å². The van der Waals surface area contributed by atoms with E-state index in [2.05, 4.69) is 0 Å². The molecule has 0 bridgehead atoms. The van der Waals surface area contributed by atoms with E-state index in [1.165, 1.54) is 0 Å². The van der Waals surface area contributed by atoms with Crippen LogP contribution < -0.4 is 9.92 Å². The molecule has 13 heavy (non-hydrogen) atoms. The maximum Gasteiger partial charge on any atom is 0.225 e. The van der Waals surface area contributed by atoms with Crippen LogP contribution in [0, 0.1) is 0 Å². The van der Waals surface area contributed by atoms with Gasteiger partial charge in [-0.2, -0.15) is 0 Å². The molecule has 0 aliphatic carbocycles. The smallest absolute Gasteiger partial charge is 0.225 e. The van der Waals surface area contributed by atoms with Gasteiger partial charge in [0.05, 0.1) is 6.61 Å². The summed E-state index contributed by atoms with van der Waals surface area (Å²) in [6.45, 7) is 3.10. The first-order valence-corrected chi connectivity index (χ1v) is 4.78. The van der Waals surface area contributed by atoms with Crippen molar-refractivity contribution in [3.63, 3.8) is 0 Å². The first-order chi connectivity index (χ1) is 6.36. The van der Waals surface area contributed by atoms with Crippen molar-refractivity contribution in [3.8, 4) is 5.75 Å². The van der Waals surface area contributed by atoms with Crippen LogP contribution in [-0.4, -0.2) is 6.61 Å². The minimum absolute atomic E-state index is 0.554. The molecular formula is C9H13NO2S. The lowest BCUT2D eigenvalue weighted by Crippen LogP contribution is -1.95. The average Bonchev–Trinajstić information content (AvgIpc) is 2.19. The van der Waals surface area contributed by atoms with Crippen LogP contribution >= 0.6 is 12.3 Å². The van der Waals surface area contributed by atoms with Gasteiger partial charge < -0.3 is 9.92 Å². The van der Waals surface area contributed by atoms with Gasteiger partial charge in [-0.1, -0.05) is 12.1 Å². The lowest BCUT2D eigenvalue weighted by molar-refractivity contribution is 0.369. The zero-order chi connectivity index (χ0) is 9.52. The molecule has 0 fully saturated rings. The molecule has 1 rings (SSSR count). The van der Waals surface area contributed by atoms with E-state index in [1.807, 2.05) is 31.2 Å². The summed E-state index contributed by atoms with van der Waals surface area (Å²) >= 11 is 0.989.